The number of hydrogen-bond acceptors (Lipinski definition) is 6. The summed E-state index contributed by atoms with van der Waals surface area (Å²) in [6.07, 6.45) is 0.721. The Morgan fingerprint density at radius 1 is 1.32 bits per heavy atom. The van der Waals surface area contributed by atoms with E-state index in [9.17, 15) is 14.4 Å². The summed E-state index contributed by atoms with van der Waals surface area (Å²) in [6.45, 7) is 3.95. The molecule has 106 valence electrons. The molecule has 0 spiro atoms. The maximum Gasteiger partial charge on any atom is 0.303 e. The van der Waals surface area contributed by atoms with Crippen molar-refractivity contribution in [2.24, 2.45) is 5.92 Å². The first-order valence-electron chi connectivity index (χ1n) is 6.39. The van der Waals surface area contributed by atoms with E-state index in [2.05, 4.69) is 0 Å². The summed E-state index contributed by atoms with van der Waals surface area (Å²) in [5.41, 5.74) is -1.48. The highest BCUT2D eigenvalue weighted by Gasteiger charge is 2.60. The van der Waals surface area contributed by atoms with Crippen molar-refractivity contribution in [3.05, 3.63) is 0 Å². The number of carbonyl (C=O) groups is 3. The molecule has 6 heteroatoms. The third-order valence-electron chi connectivity index (χ3n) is 3.78. The minimum absolute atomic E-state index is 0.126. The topological polar surface area (TPSA) is 78.9 Å². The molecule has 2 saturated heterocycles. The molecule has 6 nitrogen and oxygen atoms in total. The molecule has 0 radical (unpaired) electrons. The van der Waals surface area contributed by atoms with Gasteiger partial charge in [0.15, 0.2) is 5.78 Å². The van der Waals surface area contributed by atoms with E-state index in [4.69, 9.17) is 14.2 Å². The van der Waals surface area contributed by atoms with Crippen molar-refractivity contribution in [1.82, 2.24) is 0 Å². The van der Waals surface area contributed by atoms with E-state index in [1.807, 2.05) is 0 Å². The SMILES string of the molecule is CC(=O)OC[C@]1(OC(C)=O)C(=O)[C@H](C)[C@@H]2CC[C@H]1O2. The summed E-state index contributed by atoms with van der Waals surface area (Å²) in [5, 5.41) is 0. The largest absolute Gasteiger partial charge is 0.461 e. The van der Waals surface area contributed by atoms with Crippen LogP contribution in [0, 0.1) is 5.92 Å². The minimum atomic E-state index is -1.48. The Labute approximate surface area is 111 Å². The van der Waals surface area contributed by atoms with Crippen LogP contribution in [0.4, 0.5) is 0 Å². The number of rotatable bonds is 3. The molecule has 19 heavy (non-hydrogen) atoms. The van der Waals surface area contributed by atoms with E-state index in [-0.39, 0.29) is 24.4 Å². The van der Waals surface area contributed by atoms with E-state index in [0.717, 1.165) is 6.42 Å². The van der Waals surface area contributed by atoms with Gasteiger partial charge in [-0.2, -0.15) is 0 Å². The van der Waals surface area contributed by atoms with Crippen molar-refractivity contribution in [1.29, 1.82) is 0 Å². The van der Waals surface area contributed by atoms with Crippen LogP contribution in [0.2, 0.25) is 0 Å². The highest BCUT2D eigenvalue weighted by atomic mass is 16.6. The van der Waals surface area contributed by atoms with Crippen molar-refractivity contribution >= 4 is 17.7 Å². The number of carbonyl (C=O) groups excluding carboxylic acids is 3. The van der Waals surface area contributed by atoms with Crippen LogP contribution >= 0.6 is 0 Å². The molecule has 0 aromatic heterocycles. The first kappa shape index (κ1) is 14.0. The zero-order valence-corrected chi connectivity index (χ0v) is 11.3. The zero-order valence-electron chi connectivity index (χ0n) is 11.3. The zero-order chi connectivity index (χ0) is 14.2. The van der Waals surface area contributed by atoms with Gasteiger partial charge in [-0.3, -0.25) is 14.4 Å². The molecule has 2 heterocycles. The molecule has 0 N–H and O–H groups in total. The van der Waals surface area contributed by atoms with Crippen LogP contribution in [-0.2, 0) is 28.6 Å². The van der Waals surface area contributed by atoms with Crippen LogP contribution in [0.5, 0.6) is 0 Å². The predicted octanol–water partition coefficient (Wildman–Crippen LogP) is 0.618. The molecule has 0 aromatic rings. The van der Waals surface area contributed by atoms with Gasteiger partial charge >= 0.3 is 11.9 Å². The smallest absolute Gasteiger partial charge is 0.303 e. The molecule has 0 amide bonds. The fraction of sp³-hybridized carbons (Fsp3) is 0.769. The molecule has 0 unspecified atom stereocenters. The van der Waals surface area contributed by atoms with Gasteiger partial charge in [-0.25, -0.2) is 0 Å². The fourth-order valence-corrected chi connectivity index (χ4v) is 2.86. The summed E-state index contributed by atoms with van der Waals surface area (Å²) in [7, 11) is 0. The van der Waals surface area contributed by atoms with Crippen LogP contribution in [0.25, 0.3) is 0 Å². The summed E-state index contributed by atoms with van der Waals surface area (Å²) >= 11 is 0. The van der Waals surface area contributed by atoms with Gasteiger partial charge in [0, 0.05) is 19.8 Å². The normalized spacial score (nSPS) is 37.0. The lowest BCUT2D eigenvalue weighted by atomic mass is 9.83. The second-order valence-electron chi connectivity index (χ2n) is 5.16. The average Bonchev–Trinajstić information content (AvgIpc) is 2.78. The Bertz CT molecular complexity index is 417. The van der Waals surface area contributed by atoms with Crippen LogP contribution in [0.1, 0.15) is 33.6 Å². The Morgan fingerprint density at radius 3 is 2.58 bits per heavy atom. The molecule has 0 aromatic carbocycles. The molecule has 2 rings (SSSR count). The van der Waals surface area contributed by atoms with Gasteiger partial charge in [-0.15, -0.1) is 0 Å². The van der Waals surface area contributed by atoms with E-state index < -0.39 is 23.6 Å². The molecule has 0 aliphatic carbocycles. The molecular weight excluding hydrogens is 252 g/mol. The van der Waals surface area contributed by atoms with Crippen molar-refractivity contribution in [2.45, 2.75) is 51.4 Å². The average molecular weight is 270 g/mol. The molecular formula is C13H18O6. The van der Waals surface area contributed by atoms with Gasteiger partial charge in [0.2, 0.25) is 5.60 Å². The molecule has 2 aliphatic heterocycles. The van der Waals surface area contributed by atoms with Crippen LogP contribution in [-0.4, -0.2) is 42.1 Å². The first-order valence-corrected chi connectivity index (χ1v) is 6.39. The van der Waals surface area contributed by atoms with Crippen LogP contribution in [0.15, 0.2) is 0 Å². The van der Waals surface area contributed by atoms with Crippen molar-refractivity contribution in [3.8, 4) is 0 Å². The van der Waals surface area contributed by atoms with Gasteiger partial charge in [0.25, 0.3) is 0 Å². The Morgan fingerprint density at radius 2 is 2.00 bits per heavy atom. The first-order chi connectivity index (χ1) is 8.86. The second kappa shape index (κ2) is 4.92. The van der Waals surface area contributed by atoms with Gasteiger partial charge < -0.3 is 14.2 Å². The molecule has 2 aliphatic rings. The van der Waals surface area contributed by atoms with Gasteiger partial charge in [0.05, 0.1) is 6.10 Å². The summed E-state index contributed by atoms with van der Waals surface area (Å²) in [6, 6.07) is 0. The Hall–Kier alpha value is -1.43. The van der Waals surface area contributed by atoms with Gasteiger partial charge in [-0.1, -0.05) is 6.92 Å². The number of ketones is 1. The van der Waals surface area contributed by atoms with Crippen molar-refractivity contribution < 1.29 is 28.6 Å². The quantitative estimate of drug-likeness (QED) is 0.699. The molecule has 4 atom stereocenters. The fourth-order valence-electron chi connectivity index (χ4n) is 2.86. The Balaban J connectivity index is 2.31. The second-order valence-corrected chi connectivity index (χ2v) is 5.16. The van der Waals surface area contributed by atoms with Crippen molar-refractivity contribution in [3.63, 3.8) is 0 Å². The lowest BCUT2D eigenvalue weighted by Gasteiger charge is -2.41. The van der Waals surface area contributed by atoms with Crippen LogP contribution in [0.3, 0.4) is 0 Å². The van der Waals surface area contributed by atoms with Gasteiger partial charge in [0.1, 0.15) is 12.7 Å². The maximum absolute atomic E-state index is 12.5. The standard InChI is InChI=1S/C13H18O6/c1-7-10-4-5-11(18-10)13(12(7)16,19-9(3)15)6-17-8(2)14/h7,10-11H,4-6H2,1-3H3/t7-,10+,11-,13-/m1/s1. The third-order valence-corrected chi connectivity index (χ3v) is 3.78. The monoisotopic (exact) mass is 270 g/mol. The Kier molecular flexibility index (Phi) is 3.62. The van der Waals surface area contributed by atoms with E-state index >= 15 is 0 Å². The highest BCUT2D eigenvalue weighted by Crippen LogP contribution is 2.42. The van der Waals surface area contributed by atoms with Crippen molar-refractivity contribution in [2.75, 3.05) is 6.61 Å². The molecule has 2 bridgehead atoms. The number of Topliss-reactive ketones (excluding diaryl/α,β-unsaturated/α-hetero) is 1. The van der Waals surface area contributed by atoms with E-state index in [1.54, 1.807) is 6.92 Å². The van der Waals surface area contributed by atoms with Crippen LogP contribution < -0.4 is 0 Å². The summed E-state index contributed by atoms with van der Waals surface area (Å²) in [5.74, 6) is -1.69. The summed E-state index contributed by atoms with van der Waals surface area (Å²) in [4.78, 5) is 34.8. The minimum Gasteiger partial charge on any atom is -0.461 e. The number of fused-ring (bicyclic) bond motifs is 2. The lowest BCUT2D eigenvalue weighted by molar-refractivity contribution is -0.210. The maximum atomic E-state index is 12.5. The lowest BCUT2D eigenvalue weighted by Crippen LogP contribution is -2.62. The number of esters is 2. The number of ether oxygens (including phenoxy) is 3. The van der Waals surface area contributed by atoms with E-state index in [0.29, 0.717) is 6.42 Å². The predicted molar refractivity (Wildman–Crippen MR) is 63.2 cm³/mol. The molecule has 2 fully saturated rings. The summed E-state index contributed by atoms with van der Waals surface area (Å²) < 4.78 is 15.9. The van der Waals surface area contributed by atoms with Gasteiger partial charge in [-0.05, 0) is 12.8 Å². The molecule has 0 saturated carbocycles. The number of hydrogen-bond donors (Lipinski definition) is 0. The van der Waals surface area contributed by atoms with E-state index in [1.165, 1.54) is 13.8 Å². The third kappa shape index (κ3) is 2.36. The highest BCUT2D eigenvalue weighted by molar-refractivity contribution is 5.93.